The predicted molar refractivity (Wildman–Crippen MR) is 136 cm³/mol. The molecule has 24 heteroatoms. The van der Waals surface area contributed by atoms with Crippen LogP contribution in [0.1, 0.15) is 20.7 Å². The molecule has 0 heterocycles. The van der Waals surface area contributed by atoms with Gasteiger partial charge in [0.05, 0.1) is 4.91 Å². The molecule has 2 aliphatic rings. The van der Waals surface area contributed by atoms with E-state index in [2.05, 4.69) is 0 Å². The molecule has 19 nitrogen and oxygen atoms in total. The molecule has 0 radical (unpaired) electrons. The molecular formula is C20H18NaO19S4-3. The molecule has 4 rings (SSSR count). The van der Waals surface area contributed by atoms with Gasteiger partial charge in [0.25, 0.3) is 4.93 Å². The summed E-state index contributed by atoms with van der Waals surface area (Å²) in [5.41, 5.74) is -5.19. The Morgan fingerprint density at radius 2 is 1.07 bits per heavy atom. The number of hydrogen-bond donors (Lipinski definition) is 0. The van der Waals surface area contributed by atoms with Crippen molar-refractivity contribution in [3.63, 3.8) is 0 Å². The van der Waals surface area contributed by atoms with Crippen LogP contribution in [0.3, 0.4) is 0 Å². The second-order valence-electron chi connectivity index (χ2n) is 7.97. The Labute approximate surface area is 270 Å². The van der Waals surface area contributed by atoms with Crippen LogP contribution in [0.5, 0.6) is 5.75 Å². The van der Waals surface area contributed by atoms with E-state index >= 15 is 0 Å². The molecule has 0 saturated heterocycles. The first-order chi connectivity index (χ1) is 17.7. The van der Waals surface area contributed by atoms with E-state index < -0.39 is 100 Å². The van der Waals surface area contributed by atoms with Gasteiger partial charge in [-0.15, -0.1) is 0 Å². The van der Waals surface area contributed by atoms with Crippen molar-refractivity contribution in [3.05, 3.63) is 86.7 Å². The topological polar surface area (TPSA) is 398 Å². The maximum absolute atomic E-state index is 13.4. The summed E-state index contributed by atoms with van der Waals surface area (Å²) in [5, 5.41) is -3.85. The van der Waals surface area contributed by atoms with E-state index in [1.54, 1.807) is 0 Å². The number of Topliss-reactive ketones (excluding diaryl/α,β-unsaturated/α-hetero) is 2. The SMILES string of the molecule is O.O.O.O.O=C1C2=C(C(=O)c3ccccc31)C(S(=O)(=O)[O-])C(Oc1ccccc1)(S(=O)(=O)[O-])C(S(=O)(=O)[O-])=C2S(=O)(=O)[O-].[Na+]. The minimum atomic E-state index is -6.90. The molecule has 0 bridgehead atoms. The number of fused-ring (bicyclic) bond motifs is 1. The average Bonchev–Trinajstić information content (AvgIpc) is 2.79. The summed E-state index contributed by atoms with van der Waals surface area (Å²) in [5.74, 6) is -4.40. The van der Waals surface area contributed by atoms with Crippen LogP contribution in [0, 0.1) is 0 Å². The molecule has 2 atom stereocenters. The van der Waals surface area contributed by atoms with Gasteiger partial charge in [0.2, 0.25) is 0 Å². The fourth-order valence-electron chi connectivity index (χ4n) is 4.37. The van der Waals surface area contributed by atoms with Crippen molar-refractivity contribution in [1.29, 1.82) is 0 Å². The van der Waals surface area contributed by atoms with E-state index in [0.717, 1.165) is 48.5 Å². The summed E-state index contributed by atoms with van der Waals surface area (Å²) in [6.07, 6.45) is 0. The van der Waals surface area contributed by atoms with Gasteiger partial charge in [-0.3, -0.25) is 9.59 Å². The van der Waals surface area contributed by atoms with Crippen molar-refractivity contribution in [2.24, 2.45) is 0 Å². The van der Waals surface area contributed by atoms with Crippen LogP contribution in [0.4, 0.5) is 0 Å². The number of ether oxygens (including phenoxy) is 1. The Hall–Kier alpha value is -2.46. The zero-order valence-electron chi connectivity index (χ0n) is 21.5. The largest absolute Gasteiger partial charge is 1.00 e. The Morgan fingerprint density at radius 3 is 1.45 bits per heavy atom. The molecule has 2 aromatic rings. The summed E-state index contributed by atoms with van der Waals surface area (Å²) in [7, 11) is -26.8. The molecule has 0 saturated carbocycles. The van der Waals surface area contributed by atoms with Gasteiger partial charge in [-0.1, -0.05) is 42.5 Å². The smallest absolute Gasteiger partial charge is 0.747 e. The fraction of sp³-hybridized carbons (Fsp3) is 0.100. The van der Waals surface area contributed by atoms with E-state index in [1.807, 2.05) is 0 Å². The quantitative estimate of drug-likeness (QED) is 0.198. The molecule has 240 valence electrons. The first-order valence-electron chi connectivity index (χ1n) is 9.98. The Bertz CT molecular complexity index is 1970. The molecule has 0 aliphatic heterocycles. The predicted octanol–water partition coefficient (Wildman–Crippen LogP) is -7.38. The maximum Gasteiger partial charge on any atom is 1.00 e. The second kappa shape index (κ2) is 13.9. The third-order valence-corrected chi connectivity index (χ3v) is 10.4. The minimum Gasteiger partial charge on any atom is -0.747 e. The molecule has 0 amide bonds. The summed E-state index contributed by atoms with van der Waals surface area (Å²) in [6.45, 7) is 0. The monoisotopic (exact) mass is 713 g/mol. The van der Waals surface area contributed by atoms with Crippen LogP contribution < -0.4 is 34.3 Å². The van der Waals surface area contributed by atoms with Crippen molar-refractivity contribution >= 4 is 52.0 Å². The van der Waals surface area contributed by atoms with Gasteiger partial charge < -0.3 is 44.9 Å². The summed E-state index contributed by atoms with van der Waals surface area (Å²) in [6, 6.07) is 8.88. The molecule has 2 aromatic carbocycles. The van der Waals surface area contributed by atoms with Crippen LogP contribution in [-0.2, 0) is 40.5 Å². The van der Waals surface area contributed by atoms with Crippen molar-refractivity contribution in [3.8, 4) is 5.75 Å². The molecule has 0 spiro atoms. The summed E-state index contributed by atoms with van der Waals surface area (Å²) < 4.78 is 156. The fourth-order valence-corrected chi connectivity index (χ4v) is 10.1. The number of hydrogen-bond acceptors (Lipinski definition) is 15. The first-order valence-corrected chi connectivity index (χ1v) is 15.7. The normalized spacial score (nSPS) is 19.9. The van der Waals surface area contributed by atoms with Gasteiger partial charge in [0, 0.05) is 22.3 Å². The molecule has 44 heavy (non-hydrogen) atoms. The van der Waals surface area contributed by atoms with Gasteiger partial charge in [-0.25, -0.2) is 33.7 Å². The van der Waals surface area contributed by atoms with E-state index in [1.165, 1.54) is 6.07 Å². The van der Waals surface area contributed by atoms with Crippen LogP contribution in [0.25, 0.3) is 0 Å². The van der Waals surface area contributed by atoms with E-state index in [4.69, 9.17) is 4.74 Å². The van der Waals surface area contributed by atoms with Crippen LogP contribution in [0.15, 0.2) is 75.6 Å². The van der Waals surface area contributed by atoms with Gasteiger partial charge in [0.1, 0.15) is 56.4 Å². The zero-order valence-corrected chi connectivity index (χ0v) is 26.8. The second-order valence-corrected chi connectivity index (χ2v) is 13.6. The van der Waals surface area contributed by atoms with E-state index in [-0.39, 0.29) is 51.5 Å². The Balaban J connectivity index is 0. The van der Waals surface area contributed by atoms with E-state index in [9.17, 15) is 61.5 Å². The third kappa shape index (κ3) is 6.86. The third-order valence-electron chi connectivity index (χ3n) is 5.69. The zero-order chi connectivity index (χ0) is 29.3. The molecule has 2 unspecified atom stereocenters. The molecule has 2 aliphatic carbocycles. The Kier molecular flexibility index (Phi) is 13.8. The molecule has 0 fully saturated rings. The first kappa shape index (κ1) is 43.7. The summed E-state index contributed by atoms with van der Waals surface area (Å²) >= 11 is 0. The molecule has 8 N–H and O–H groups in total. The van der Waals surface area contributed by atoms with Crippen molar-refractivity contribution in [2.75, 3.05) is 0 Å². The standard InChI is InChI=1S/C20H14O15S4.Na.4H2O/c21-15-11-8-4-5-9-12(11)16(22)14-13(15)17(36(23,24)25)19(38(29,30)31)20(39(32,33)34,18(14)37(26,27)28)35-10-6-2-1-3-7-10;;;;;/h1-9,18H,(H,23,24,25)(H,26,27,28)(H,29,30,31)(H,32,33,34);;4*1H2/q;+1;;;;/p-4. The average molecular weight is 714 g/mol. The van der Waals surface area contributed by atoms with Crippen molar-refractivity contribution in [2.45, 2.75) is 10.2 Å². The summed E-state index contributed by atoms with van der Waals surface area (Å²) in [4.78, 5) is 16.5. The van der Waals surface area contributed by atoms with Crippen molar-refractivity contribution < 1.29 is 118 Å². The molecule has 0 aromatic heterocycles. The molecular weight excluding hydrogens is 695 g/mol. The number of allylic oxidation sites excluding steroid dienone is 1. The van der Waals surface area contributed by atoms with Crippen molar-refractivity contribution in [1.82, 2.24) is 0 Å². The number of para-hydroxylation sites is 1. The minimum absolute atomic E-state index is 0. The number of rotatable bonds is 6. The maximum atomic E-state index is 13.4. The Morgan fingerprint density at radius 1 is 0.636 bits per heavy atom. The van der Waals surface area contributed by atoms with Gasteiger partial charge in [-0.2, -0.15) is 0 Å². The van der Waals surface area contributed by atoms with Crippen LogP contribution >= 0.6 is 0 Å². The van der Waals surface area contributed by atoms with Gasteiger partial charge in [0.15, 0.2) is 11.6 Å². The van der Waals surface area contributed by atoms with Crippen LogP contribution in [-0.4, -0.2) is 95.5 Å². The van der Waals surface area contributed by atoms with Gasteiger partial charge in [-0.05, 0) is 12.1 Å². The van der Waals surface area contributed by atoms with Crippen LogP contribution in [0.2, 0.25) is 0 Å². The number of carbonyl (C=O) groups excluding carboxylic acids is 2. The van der Waals surface area contributed by atoms with E-state index in [0.29, 0.717) is 0 Å². The number of ketones is 2. The number of carbonyl (C=O) groups is 2. The van der Waals surface area contributed by atoms with Gasteiger partial charge >= 0.3 is 29.6 Å². The number of benzene rings is 2.